The minimum Gasteiger partial charge on any atom is -0.481 e. The molecule has 44 heavy (non-hydrogen) atoms. The van der Waals surface area contributed by atoms with Crippen LogP contribution in [0.4, 0.5) is 4.39 Å². The van der Waals surface area contributed by atoms with Gasteiger partial charge >= 0.3 is 5.97 Å². The van der Waals surface area contributed by atoms with E-state index in [0.717, 1.165) is 18.9 Å². The van der Waals surface area contributed by atoms with Crippen LogP contribution in [0.5, 0.6) is 0 Å². The molecule has 0 heterocycles. The largest absolute Gasteiger partial charge is 0.481 e. The first kappa shape index (κ1) is 32.5. The molecule has 0 aromatic carbocycles. The molecule has 6 aliphatic carbocycles. The number of carboxylic acid groups (broad SMARTS) is 1. The van der Waals surface area contributed by atoms with E-state index in [-0.39, 0.29) is 10.8 Å². The third-order valence-corrected chi connectivity index (χ3v) is 16.0. The lowest BCUT2D eigenvalue weighted by atomic mass is 9.33. The average molecular weight is 608 g/mol. The third kappa shape index (κ3) is 4.30. The van der Waals surface area contributed by atoms with Crippen LogP contribution in [0.2, 0.25) is 0 Å². The van der Waals surface area contributed by atoms with Crippen LogP contribution in [0.25, 0.3) is 0 Å². The maximum Gasteiger partial charge on any atom is 0.312 e. The van der Waals surface area contributed by atoms with Gasteiger partial charge in [0.1, 0.15) is 6.67 Å². The highest BCUT2D eigenvalue weighted by Gasteiger charge is 2.70. The summed E-state index contributed by atoms with van der Waals surface area (Å²) in [6.45, 7) is 22.6. The number of aliphatic carboxylic acids is 1. The highest BCUT2D eigenvalue weighted by molar-refractivity contribution is 5.75. The Morgan fingerprint density at radius 2 is 1.70 bits per heavy atom. The smallest absolute Gasteiger partial charge is 0.312 e. The Labute approximate surface area is 268 Å². The van der Waals surface area contributed by atoms with Gasteiger partial charge in [0.05, 0.1) is 5.41 Å². The predicted molar refractivity (Wildman–Crippen MR) is 179 cm³/mol. The van der Waals surface area contributed by atoms with Gasteiger partial charge in [-0.3, -0.25) is 4.79 Å². The summed E-state index contributed by atoms with van der Waals surface area (Å²) in [4.78, 5) is 11.9. The molecule has 2 N–H and O–H groups in total. The second-order valence-electron chi connectivity index (χ2n) is 18.0. The molecule has 4 fully saturated rings. The second-order valence-corrected chi connectivity index (χ2v) is 18.0. The van der Waals surface area contributed by atoms with E-state index >= 15 is 0 Å². The van der Waals surface area contributed by atoms with Crippen molar-refractivity contribution in [2.45, 2.75) is 137 Å². The molecule has 0 radical (unpaired) electrons. The molecule has 246 valence electrons. The van der Waals surface area contributed by atoms with E-state index in [2.05, 4.69) is 72.5 Å². The van der Waals surface area contributed by atoms with Crippen molar-refractivity contribution < 1.29 is 14.3 Å². The molecule has 0 saturated heterocycles. The summed E-state index contributed by atoms with van der Waals surface area (Å²) in [5.74, 6) is 2.44. The first-order valence-electron chi connectivity index (χ1n) is 18.3. The summed E-state index contributed by atoms with van der Waals surface area (Å²) < 4.78 is 13.9. The number of carboxylic acids is 1. The SMILES string of the molecule is C=C(C)[C@@H]1CC[C@]2(NCCC)CC[C@]3(C)[C@H](CC[C@@H]4[C@@]5(C)CC=C(C6=CC[C@@](CF)(C(=O)O)CC6)C(C)(C)[C@@H]5CC[C@]43C)[C@@H]12. The minimum atomic E-state index is -1.23. The fourth-order valence-corrected chi connectivity index (χ4v) is 13.5. The van der Waals surface area contributed by atoms with E-state index in [0.29, 0.717) is 59.3 Å². The van der Waals surface area contributed by atoms with Crippen LogP contribution >= 0.6 is 0 Å². The molecular formula is C40H62FNO2. The van der Waals surface area contributed by atoms with Gasteiger partial charge < -0.3 is 10.4 Å². The van der Waals surface area contributed by atoms with Crippen LogP contribution in [0, 0.1) is 56.7 Å². The number of nitrogens with one attached hydrogen (secondary N) is 1. The van der Waals surface area contributed by atoms with Crippen molar-refractivity contribution in [1.29, 1.82) is 0 Å². The molecule has 6 rings (SSSR count). The number of alkyl halides is 1. The number of hydrogen-bond acceptors (Lipinski definition) is 2. The number of rotatable bonds is 7. The van der Waals surface area contributed by atoms with Crippen LogP contribution in [0.1, 0.15) is 132 Å². The zero-order chi connectivity index (χ0) is 31.9. The Morgan fingerprint density at radius 1 is 0.955 bits per heavy atom. The highest BCUT2D eigenvalue weighted by Crippen LogP contribution is 2.76. The van der Waals surface area contributed by atoms with Crippen molar-refractivity contribution >= 4 is 5.97 Å². The average Bonchev–Trinajstić information content (AvgIpc) is 3.36. The van der Waals surface area contributed by atoms with Crippen LogP contribution < -0.4 is 5.32 Å². The second kappa shape index (κ2) is 10.8. The van der Waals surface area contributed by atoms with Crippen molar-refractivity contribution in [3.63, 3.8) is 0 Å². The third-order valence-electron chi connectivity index (χ3n) is 16.0. The lowest BCUT2D eigenvalue weighted by Gasteiger charge is -2.72. The Kier molecular flexibility index (Phi) is 7.99. The molecule has 0 unspecified atom stereocenters. The van der Waals surface area contributed by atoms with Gasteiger partial charge in [-0.1, -0.05) is 65.8 Å². The fraction of sp³-hybridized carbons (Fsp3) is 0.825. The first-order valence-corrected chi connectivity index (χ1v) is 18.3. The summed E-state index contributed by atoms with van der Waals surface area (Å²) >= 11 is 0. The maximum absolute atomic E-state index is 13.9. The number of halogens is 1. The Bertz CT molecular complexity index is 1250. The zero-order valence-corrected chi connectivity index (χ0v) is 29.1. The van der Waals surface area contributed by atoms with E-state index in [1.807, 2.05) is 0 Å². The van der Waals surface area contributed by atoms with Crippen molar-refractivity contribution in [2.75, 3.05) is 13.2 Å². The Morgan fingerprint density at radius 3 is 2.32 bits per heavy atom. The molecule has 0 amide bonds. The van der Waals surface area contributed by atoms with Gasteiger partial charge in [0.25, 0.3) is 0 Å². The van der Waals surface area contributed by atoms with Crippen molar-refractivity contribution in [3.05, 3.63) is 35.5 Å². The van der Waals surface area contributed by atoms with Crippen LogP contribution in [0.15, 0.2) is 35.5 Å². The van der Waals surface area contributed by atoms with Crippen LogP contribution in [-0.2, 0) is 4.79 Å². The summed E-state index contributed by atoms with van der Waals surface area (Å²) in [5, 5.41) is 13.9. The highest BCUT2D eigenvalue weighted by atomic mass is 19.1. The molecule has 0 spiro atoms. The van der Waals surface area contributed by atoms with Gasteiger partial charge in [0, 0.05) is 5.54 Å². The molecule has 3 nitrogen and oxygen atoms in total. The molecule has 4 heteroatoms. The lowest BCUT2D eigenvalue weighted by Crippen LogP contribution is -2.68. The van der Waals surface area contributed by atoms with E-state index in [9.17, 15) is 14.3 Å². The minimum absolute atomic E-state index is 0.0269. The maximum atomic E-state index is 13.9. The van der Waals surface area contributed by atoms with E-state index < -0.39 is 18.1 Å². The predicted octanol–water partition coefficient (Wildman–Crippen LogP) is 10.1. The van der Waals surface area contributed by atoms with Gasteiger partial charge in [0.2, 0.25) is 0 Å². The van der Waals surface area contributed by atoms with E-state index in [1.165, 1.54) is 74.5 Å². The topological polar surface area (TPSA) is 49.3 Å². The van der Waals surface area contributed by atoms with Crippen LogP contribution in [0.3, 0.4) is 0 Å². The number of carbonyl (C=O) groups is 1. The summed E-state index contributed by atoms with van der Waals surface area (Å²) in [5.41, 5.74) is 4.16. The normalized spacial score (nSPS) is 47.8. The van der Waals surface area contributed by atoms with E-state index in [1.54, 1.807) is 0 Å². The summed E-state index contributed by atoms with van der Waals surface area (Å²) in [6, 6.07) is 0. The van der Waals surface area contributed by atoms with Crippen molar-refractivity contribution in [2.24, 2.45) is 56.7 Å². The quantitative estimate of drug-likeness (QED) is 0.283. The molecule has 0 aromatic rings. The Hall–Kier alpha value is -1.42. The molecule has 10 atom stereocenters. The Balaban J connectivity index is 1.32. The molecule has 0 aliphatic heterocycles. The number of allylic oxidation sites excluding steroid dienone is 5. The molecule has 4 saturated carbocycles. The van der Waals surface area contributed by atoms with E-state index in [4.69, 9.17) is 0 Å². The molecule has 0 aromatic heterocycles. The molecular weight excluding hydrogens is 545 g/mol. The van der Waals surface area contributed by atoms with Crippen molar-refractivity contribution in [3.8, 4) is 0 Å². The number of hydrogen-bond donors (Lipinski definition) is 2. The number of fused-ring (bicyclic) bond motifs is 7. The fourth-order valence-electron chi connectivity index (χ4n) is 13.5. The van der Waals surface area contributed by atoms with Gasteiger partial charge in [-0.2, -0.15) is 0 Å². The first-order chi connectivity index (χ1) is 20.7. The molecule has 6 aliphatic rings. The zero-order valence-electron chi connectivity index (χ0n) is 29.1. The standard InChI is InChI=1S/C40H62FNO2/c1-9-24-42-40-21-14-28(26(2)3)33(40)30-10-11-32-36(6)17-15-29(27-12-19-39(25-41,20-13-27)34(43)44)35(4,5)31(36)16-18-38(32,8)37(30,7)22-23-40/h12,15,28,30-33,42H,2,9-11,13-14,16-25H2,1,3-8H3,(H,43,44)/t28-,30+,31-,32+,33+,36-,37+,38+,39+,40-/m0/s1. The monoisotopic (exact) mass is 607 g/mol. The van der Waals surface area contributed by atoms with Gasteiger partial charge in [0.15, 0.2) is 0 Å². The van der Waals surface area contributed by atoms with Gasteiger partial charge in [-0.25, -0.2) is 4.39 Å². The van der Waals surface area contributed by atoms with Crippen molar-refractivity contribution in [1.82, 2.24) is 5.32 Å². The summed E-state index contributed by atoms with van der Waals surface area (Å²) in [6.07, 6.45) is 18.9. The molecule has 0 bridgehead atoms. The summed E-state index contributed by atoms with van der Waals surface area (Å²) in [7, 11) is 0. The van der Waals surface area contributed by atoms with Gasteiger partial charge in [-0.15, -0.1) is 0 Å². The van der Waals surface area contributed by atoms with Crippen LogP contribution in [-0.4, -0.2) is 29.8 Å². The lowest BCUT2D eigenvalue weighted by molar-refractivity contribution is -0.221. The van der Waals surface area contributed by atoms with Gasteiger partial charge in [-0.05, 0) is 159 Å².